The van der Waals surface area contributed by atoms with E-state index in [1.54, 1.807) is 43.8 Å². The molecule has 176 valence electrons. The lowest BCUT2D eigenvalue weighted by molar-refractivity contribution is -0.0498. The Hall–Kier alpha value is -3.42. The Labute approximate surface area is 193 Å². The number of aliphatic imine (C=N–C) groups is 1. The van der Waals surface area contributed by atoms with Crippen molar-refractivity contribution >= 4 is 17.6 Å². The summed E-state index contributed by atoms with van der Waals surface area (Å²) in [6, 6.07) is 8.61. The highest BCUT2D eigenvalue weighted by Gasteiger charge is 2.28. The third-order valence-electron chi connectivity index (χ3n) is 5.65. The van der Waals surface area contributed by atoms with E-state index in [-0.39, 0.29) is 11.8 Å². The van der Waals surface area contributed by atoms with Crippen LogP contribution in [0.3, 0.4) is 0 Å². The number of ether oxygens (including phenoxy) is 2. The van der Waals surface area contributed by atoms with Crippen LogP contribution in [0.25, 0.3) is 0 Å². The van der Waals surface area contributed by atoms with Gasteiger partial charge >= 0.3 is 6.61 Å². The first-order valence-electron chi connectivity index (χ1n) is 10.9. The highest BCUT2D eigenvalue weighted by atomic mass is 19.3. The van der Waals surface area contributed by atoms with Crippen LogP contribution in [0.4, 0.5) is 20.2 Å². The second-order valence-electron chi connectivity index (χ2n) is 7.72. The summed E-state index contributed by atoms with van der Waals surface area (Å²) in [5.74, 6) is 1.55. The standard InChI is InChI=1S/C25H30F2N4O2/c1-5-18(2)16-29-19(3)30-14-11-21(12-15-30)31(23-17-28-13-10-24(23)32-4)20-6-8-22(9-7-20)33-25(26)27/h5-10,13,16-17,21,25H,3,11-12,14-15H2,1-2,4H3/b18-5-,29-16?. The summed E-state index contributed by atoms with van der Waals surface area (Å²) in [7, 11) is 1.62. The zero-order chi connectivity index (χ0) is 23.8. The van der Waals surface area contributed by atoms with Crippen LogP contribution < -0.4 is 14.4 Å². The SMILES string of the molecule is C=C(N=C/C(C)=C\C)N1CCC(N(c2ccc(OC(F)F)cc2)c2cnccc2OC)CC1. The number of halogens is 2. The topological polar surface area (TPSA) is 50.2 Å². The zero-order valence-corrected chi connectivity index (χ0v) is 19.2. The normalized spacial score (nSPS) is 15.2. The molecule has 0 radical (unpaired) electrons. The molecule has 8 heteroatoms. The molecule has 0 amide bonds. The number of piperidine rings is 1. The van der Waals surface area contributed by atoms with E-state index in [2.05, 4.69) is 31.1 Å². The number of pyridine rings is 1. The lowest BCUT2D eigenvalue weighted by atomic mass is 10.0. The van der Waals surface area contributed by atoms with Crippen LogP contribution in [0.2, 0.25) is 0 Å². The molecule has 0 atom stereocenters. The quantitative estimate of drug-likeness (QED) is 0.446. The highest BCUT2D eigenvalue weighted by molar-refractivity contribution is 5.78. The fourth-order valence-electron chi connectivity index (χ4n) is 3.78. The van der Waals surface area contributed by atoms with Crippen molar-refractivity contribution in [2.45, 2.75) is 39.3 Å². The van der Waals surface area contributed by atoms with E-state index in [9.17, 15) is 8.78 Å². The molecule has 0 spiro atoms. The third kappa shape index (κ3) is 6.31. The predicted octanol–water partition coefficient (Wildman–Crippen LogP) is 5.80. The molecule has 1 saturated heterocycles. The Kier molecular flexibility index (Phi) is 8.40. The number of likely N-dealkylation sites (tertiary alicyclic amines) is 1. The molecular weight excluding hydrogens is 426 g/mol. The van der Waals surface area contributed by atoms with Gasteiger partial charge in [0.1, 0.15) is 23.0 Å². The molecule has 1 aromatic heterocycles. The van der Waals surface area contributed by atoms with Gasteiger partial charge in [-0.3, -0.25) is 4.98 Å². The largest absolute Gasteiger partial charge is 0.494 e. The summed E-state index contributed by atoms with van der Waals surface area (Å²) in [6.07, 6.45) is 8.97. The Bertz CT molecular complexity index is 984. The first-order chi connectivity index (χ1) is 15.9. The molecule has 0 aliphatic carbocycles. The van der Waals surface area contributed by atoms with E-state index >= 15 is 0 Å². The van der Waals surface area contributed by atoms with Gasteiger partial charge < -0.3 is 19.3 Å². The average Bonchev–Trinajstić information content (AvgIpc) is 2.84. The smallest absolute Gasteiger partial charge is 0.387 e. The van der Waals surface area contributed by atoms with Crippen molar-refractivity contribution in [3.8, 4) is 11.5 Å². The van der Waals surface area contributed by atoms with Crippen LogP contribution in [0.5, 0.6) is 11.5 Å². The number of benzene rings is 1. The maximum Gasteiger partial charge on any atom is 0.387 e. The van der Waals surface area contributed by atoms with Crippen molar-refractivity contribution in [1.82, 2.24) is 9.88 Å². The summed E-state index contributed by atoms with van der Waals surface area (Å²) < 4.78 is 35.2. The number of alkyl halides is 2. The van der Waals surface area contributed by atoms with Gasteiger partial charge in [0.15, 0.2) is 0 Å². The number of nitrogens with zero attached hydrogens (tertiary/aromatic N) is 4. The van der Waals surface area contributed by atoms with Gasteiger partial charge in [-0.2, -0.15) is 8.78 Å². The van der Waals surface area contributed by atoms with Crippen molar-refractivity contribution in [2.75, 3.05) is 25.1 Å². The van der Waals surface area contributed by atoms with E-state index in [1.165, 1.54) is 0 Å². The molecule has 33 heavy (non-hydrogen) atoms. The van der Waals surface area contributed by atoms with E-state index in [0.717, 1.165) is 48.7 Å². The molecular formula is C25H30F2N4O2. The monoisotopic (exact) mass is 456 g/mol. The molecule has 0 N–H and O–H groups in total. The first kappa shape index (κ1) is 24.2. The molecule has 6 nitrogen and oxygen atoms in total. The minimum Gasteiger partial charge on any atom is -0.494 e. The number of rotatable bonds is 9. The van der Waals surface area contributed by atoms with Crippen LogP contribution in [0.15, 0.2) is 71.8 Å². The van der Waals surface area contributed by atoms with Crippen molar-refractivity contribution in [2.24, 2.45) is 4.99 Å². The minimum atomic E-state index is -2.86. The zero-order valence-electron chi connectivity index (χ0n) is 19.2. The molecule has 3 rings (SSSR count). The molecule has 0 saturated carbocycles. The Morgan fingerprint density at radius 1 is 1.24 bits per heavy atom. The first-order valence-corrected chi connectivity index (χ1v) is 10.9. The van der Waals surface area contributed by atoms with Gasteiger partial charge in [0.05, 0.1) is 13.3 Å². The molecule has 1 aliphatic heterocycles. The van der Waals surface area contributed by atoms with Gasteiger partial charge in [-0.1, -0.05) is 12.7 Å². The van der Waals surface area contributed by atoms with E-state index in [4.69, 9.17) is 4.74 Å². The number of methoxy groups -OCH3 is 1. The Morgan fingerprint density at radius 3 is 2.55 bits per heavy atom. The van der Waals surface area contributed by atoms with Crippen molar-refractivity contribution in [1.29, 1.82) is 0 Å². The minimum absolute atomic E-state index is 0.118. The summed E-state index contributed by atoms with van der Waals surface area (Å²) in [5, 5.41) is 0. The predicted molar refractivity (Wildman–Crippen MR) is 128 cm³/mol. The lowest BCUT2D eigenvalue weighted by Gasteiger charge is -2.40. The lowest BCUT2D eigenvalue weighted by Crippen LogP contribution is -2.42. The van der Waals surface area contributed by atoms with Gasteiger partial charge in [-0.25, -0.2) is 4.99 Å². The molecule has 1 aliphatic rings. The fourth-order valence-corrected chi connectivity index (χ4v) is 3.78. The highest BCUT2D eigenvalue weighted by Crippen LogP contribution is 2.38. The molecule has 2 aromatic rings. The molecule has 1 fully saturated rings. The summed E-state index contributed by atoms with van der Waals surface area (Å²) in [4.78, 5) is 13.1. The molecule has 0 unspecified atom stereocenters. The van der Waals surface area contributed by atoms with Crippen molar-refractivity contribution in [3.63, 3.8) is 0 Å². The van der Waals surface area contributed by atoms with Gasteiger partial charge in [-0.15, -0.1) is 0 Å². The van der Waals surface area contributed by atoms with E-state index in [1.807, 2.05) is 32.2 Å². The Balaban J connectivity index is 1.82. The summed E-state index contributed by atoms with van der Waals surface area (Å²) >= 11 is 0. The third-order valence-corrected chi connectivity index (χ3v) is 5.65. The summed E-state index contributed by atoms with van der Waals surface area (Å²) in [6.45, 7) is 6.82. The fraction of sp³-hybridized carbons (Fsp3) is 0.360. The van der Waals surface area contributed by atoms with Crippen LogP contribution in [-0.2, 0) is 0 Å². The van der Waals surface area contributed by atoms with E-state index in [0.29, 0.717) is 5.75 Å². The van der Waals surface area contributed by atoms with Crippen molar-refractivity contribution < 1.29 is 18.3 Å². The Morgan fingerprint density at radius 2 is 1.94 bits per heavy atom. The van der Waals surface area contributed by atoms with Gasteiger partial charge in [0.2, 0.25) is 0 Å². The van der Waals surface area contributed by atoms with Gasteiger partial charge in [0, 0.05) is 43.3 Å². The van der Waals surface area contributed by atoms with Crippen molar-refractivity contribution in [3.05, 3.63) is 66.8 Å². The van der Waals surface area contributed by atoms with Crippen LogP contribution >= 0.6 is 0 Å². The van der Waals surface area contributed by atoms with Crippen LogP contribution in [0, 0.1) is 0 Å². The maximum absolute atomic E-state index is 12.6. The van der Waals surface area contributed by atoms with Gasteiger partial charge in [0.25, 0.3) is 0 Å². The van der Waals surface area contributed by atoms with Gasteiger partial charge in [-0.05, 0) is 56.5 Å². The number of allylic oxidation sites excluding steroid dienone is 2. The second kappa shape index (κ2) is 11.4. The molecule has 2 heterocycles. The summed E-state index contributed by atoms with van der Waals surface area (Å²) in [5.41, 5.74) is 2.75. The maximum atomic E-state index is 12.6. The average molecular weight is 457 g/mol. The number of anilines is 2. The van der Waals surface area contributed by atoms with Crippen LogP contribution in [0.1, 0.15) is 26.7 Å². The molecule has 1 aromatic carbocycles. The number of hydrogen-bond acceptors (Lipinski definition) is 6. The van der Waals surface area contributed by atoms with E-state index < -0.39 is 6.61 Å². The number of hydrogen-bond donors (Lipinski definition) is 0. The van der Waals surface area contributed by atoms with Crippen LogP contribution in [-0.4, -0.2) is 49.0 Å². The second-order valence-corrected chi connectivity index (χ2v) is 7.72. The molecule has 0 bridgehead atoms. The number of aromatic nitrogens is 1.